The number of carbonyl (C=O) groups excluding carboxylic acids is 1. The molecule has 0 saturated carbocycles. The molecule has 25 heavy (non-hydrogen) atoms. The SMILES string of the molecule is COC(=O)Cc1cc(O)cc2oc(CCCCC[C@H](C)O)cc(=O)c12. The number of hydrogen-bond acceptors (Lipinski definition) is 6. The summed E-state index contributed by atoms with van der Waals surface area (Å²) < 4.78 is 10.4. The molecule has 2 N–H and O–H groups in total. The predicted octanol–water partition coefficient (Wildman–Crippen LogP) is 2.70. The van der Waals surface area contributed by atoms with Gasteiger partial charge in [0.05, 0.1) is 25.0 Å². The Bertz CT molecular complexity index is 790. The Balaban J connectivity index is 2.20. The van der Waals surface area contributed by atoms with Gasteiger partial charge in [-0.05, 0) is 31.4 Å². The van der Waals surface area contributed by atoms with Crippen LogP contribution in [-0.4, -0.2) is 29.4 Å². The maximum atomic E-state index is 12.5. The van der Waals surface area contributed by atoms with Crippen LogP contribution in [0.3, 0.4) is 0 Å². The quantitative estimate of drug-likeness (QED) is 0.562. The van der Waals surface area contributed by atoms with Crippen molar-refractivity contribution in [2.24, 2.45) is 0 Å². The Kier molecular flexibility index (Phi) is 6.58. The van der Waals surface area contributed by atoms with E-state index in [1.54, 1.807) is 6.92 Å². The molecule has 136 valence electrons. The lowest BCUT2D eigenvalue weighted by Crippen LogP contribution is -2.10. The fourth-order valence-corrected chi connectivity index (χ4v) is 2.81. The third-order valence-electron chi connectivity index (χ3n) is 4.06. The van der Waals surface area contributed by atoms with Crippen LogP contribution in [0.15, 0.2) is 27.4 Å². The van der Waals surface area contributed by atoms with Gasteiger partial charge in [0, 0.05) is 18.6 Å². The number of aliphatic hydroxyl groups is 1. The number of carbonyl (C=O) groups is 1. The average Bonchev–Trinajstić information content (AvgIpc) is 2.53. The van der Waals surface area contributed by atoms with Crippen LogP contribution in [-0.2, 0) is 22.4 Å². The molecule has 0 bridgehead atoms. The molecule has 0 aliphatic rings. The predicted molar refractivity (Wildman–Crippen MR) is 93.7 cm³/mol. The number of methoxy groups -OCH3 is 1. The summed E-state index contributed by atoms with van der Waals surface area (Å²) in [5.74, 6) is -0.0127. The number of fused-ring (bicyclic) bond motifs is 1. The molecule has 1 aromatic carbocycles. The number of unbranched alkanes of at least 4 members (excludes halogenated alkanes) is 2. The van der Waals surface area contributed by atoms with Crippen molar-refractivity contribution in [3.63, 3.8) is 0 Å². The summed E-state index contributed by atoms with van der Waals surface area (Å²) in [6.07, 6.45) is 3.65. The van der Waals surface area contributed by atoms with Crippen LogP contribution in [0, 0.1) is 0 Å². The van der Waals surface area contributed by atoms with E-state index in [0.29, 0.717) is 23.1 Å². The Hall–Kier alpha value is -2.34. The molecule has 6 heteroatoms. The molecule has 1 heterocycles. The van der Waals surface area contributed by atoms with Gasteiger partial charge >= 0.3 is 5.97 Å². The summed E-state index contributed by atoms with van der Waals surface area (Å²) in [7, 11) is 1.27. The molecule has 0 amide bonds. The Morgan fingerprint density at radius 3 is 2.68 bits per heavy atom. The van der Waals surface area contributed by atoms with Gasteiger partial charge in [-0.1, -0.05) is 12.8 Å². The summed E-state index contributed by atoms with van der Waals surface area (Å²) in [4.78, 5) is 24.0. The molecule has 1 aromatic heterocycles. The van der Waals surface area contributed by atoms with Gasteiger partial charge in [0.2, 0.25) is 0 Å². The van der Waals surface area contributed by atoms with E-state index in [9.17, 15) is 19.8 Å². The van der Waals surface area contributed by atoms with Crippen LogP contribution in [0.2, 0.25) is 0 Å². The maximum absolute atomic E-state index is 12.5. The number of hydrogen-bond donors (Lipinski definition) is 2. The van der Waals surface area contributed by atoms with Crippen LogP contribution in [0.4, 0.5) is 0 Å². The van der Waals surface area contributed by atoms with Crippen LogP contribution in [0.5, 0.6) is 5.75 Å². The molecule has 0 fully saturated rings. The van der Waals surface area contributed by atoms with Crippen molar-refractivity contribution < 1.29 is 24.2 Å². The van der Waals surface area contributed by atoms with Gasteiger partial charge in [-0.2, -0.15) is 0 Å². The van der Waals surface area contributed by atoms with Crippen LogP contribution < -0.4 is 5.43 Å². The summed E-state index contributed by atoms with van der Waals surface area (Å²) in [6.45, 7) is 1.76. The number of phenols is 1. The number of rotatable bonds is 8. The van der Waals surface area contributed by atoms with Gasteiger partial charge in [-0.25, -0.2) is 0 Å². The number of phenolic OH excluding ortho intramolecular Hbond substituents is 1. The highest BCUT2D eigenvalue weighted by Crippen LogP contribution is 2.24. The van der Waals surface area contributed by atoms with E-state index in [4.69, 9.17) is 4.42 Å². The van der Waals surface area contributed by atoms with E-state index < -0.39 is 5.97 Å². The number of benzene rings is 1. The highest BCUT2D eigenvalue weighted by atomic mass is 16.5. The van der Waals surface area contributed by atoms with E-state index in [0.717, 1.165) is 25.7 Å². The number of aromatic hydroxyl groups is 1. The van der Waals surface area contributed by atoms with Crippen LogP contribution >= 0.6 is 0 Å². The fourth-order valence-electron chi connectivity index (χ4n) is 2.81. The number of aliphatic hydroxyl groups excluding tert-OH is 1. The zero-order chi connectivity index (χ0) is 18.4. The molecule has 0 aliphatic heterocycles. The Morgan fingerprint density at radius 1 is 1.24 bits per heavy atom. The van der Waals surface area contributed by atoms with Gasteiger partial charge in [-0.3, -0.25) is 9.59 Å². The third kappa shape index (κ3) is 5.32. The zero-order valence-electron chi connectivity index (χ0n) is 14.6. The molecule has 6 nitrogen and oxygen atoms in total. The minimum atomic E-state index is -0.492. The molecule has 2 rings (SSSR count). The molecular weight excluding hydrogens is 324 g/mol. The zero-order valence-corrected chi connectivity index (χ0v) is 14.6. The van der Waals surface area contributed by atoms with Crippen molar-refractivity contribution in [1.29, 1.82) is 0 Å². The summed E-state index contributed by atoms with van der Waals surface area (Å²) in [5.41, 5.74) is 0.420. The van der Waals surface area contributed by atoms with Gasteiger partial charge in [0.25, 0.3) is 0 Å². The standard InChI is InChI=1S/C19H24O6/c1-12(20)6-4-3-5-7-15-11-16(22)19-13(9-18(23)24-2)8-14(21)10-17(19)25-15/h8,10-12,20-21H,3-7,9H2,1-2H3/t12-/m0/s1. The second-order valence-corrected chi connectivity index (χ2v) is 6.26. The van der Waals surface area contributed by atoms with Crippen molar-refractivity contribution in [3.05, 3.63) is 39.7 Å². The highest BCUT2D eigenvalue weighted by molar-refractivity contribution is 5.86. The largest absolute Gasteiger partial charge is 0.508 e. The minimum absolute atomic E-state index is 0.0661. The van der Waals surface area contributed by atoms with Crippen LogP contribution in [0.1, 0.15) is 43.9 Å². The molecule has 1 atom stereocenters. The van der Waals surface area contributed by atoms with Gasteiger partial charge in [-0.15, -0.1) is 0 Å². The van der Waals surface area contributed by atoms with Crippen molar-refractivity contribution in [3.8, 4) is 5.75 Å². The number of esters is 1. The first-order valence-electron chi connectivity index (χ1n) is 8.44. The first-order valence-corrected chi connectivity index (χ1v) is 8.44. The van der Waals surface area contributed by atoms with Gasteiger partial charge in [0.15, 0.2) is 5.43 Å². The first-order chi connectivity index (χ1) is 11.9. The third-order valence-corrected chi connectivity index (χ3v) is 4.06. The van der Waals surface area contributed by atoms with E-state index in [1.807, 2.05) is 0 Å². The van der Waals surface area contributed by atoms with Crippen LogP contribution in [0.25, 0.3) is 11.0 Å². The van der Waals surface area contributed by atoms with Crippen molar-refractivity contribution in [2.75, 3.05) is 7.11 Å². The summed E-state index contributed by atoms with van der Waals surface area (Å²) >= 11 is 0. The maximum Gasteiger partial charge on any atom is 0.310 e. The summed E-state index contributed by atoms with van der Waals surface area (Å²) in [6, 6.07) is 4.20. The fraction of sp³-hybridized carbons (Fsp3) is 0.474. The monoisotopic (exact) mass is 348 g/mol. The summed E-state index contributed by atoms with van der Waals surface area (Å²) in [5, 5.41) is 19.4. The number of aryl methyl sites for hydroxylation is 1. The topological polar surface area (TPSA) is 97.0 Å². The van der Waals surface area contributed by atoms with E-state index >= 15 is 0 Å². The first kappa shape index (κ1) is 19.0. The number of ether oxygens (including phenoxy) is 1. The molecule has 0 unspecified atom stereocenters. The highest BCUT2D eigenvalue weighted by Gasteiger charge is 2.14. The molecular formula is C19H24O6. The molecule has 0 spiro atoms. The normalized spacial score (nSPS) is 12.3. The molecule has 0 aliphatic carbocycles. The Labute approximate surface area is 146 Å². The van der Waals surface area contributed by atoms with Gasteiger partial charge in [0.1, 0.15) is 17.1 Å². The molecule has 0 radical (unpaired) electrons. The van der Waals surface area contributed by atoms with E-state index in [-0.39, 0.29) is 29.3 Å². The van der Waals surface area contributed by atoms with E-state index in [2.05, 4.69) is 4.74 Å². The van der Waals surface area contributed by atoms with Gasteiger partial charge < -0.3 is 19.4 Å². The Morgan fingerprint density at radius 2 is 2.00 bits per heavy atom. The molecule has 0 saturated heterocycles. The second kappa shape index (κ2) is 8.67. The van der Waals surface area contributed by atoms with Crippen molar-refractivity contribution >= 4 is 16.9 Å². The lowest BCUT2D eigenvalue weighted by molar-refractivity contribution is -0.139. The lowest BCUT2D eigenvalue weighted by Gasteiger charge is -2.08. The lowest BCUT2D eigenvalue weighted by atomic mass is 10.0. The minimum Gasteiger partial charge on any atom is -0.508 e. The van der Waals surface area contributed by atoms with Crippen molar-refractivity contribution in [2.45, 2.75) is 51.6 Å². The smallest absolute Gasteiger partial charge is 0.310 e. The average molecular weight is 348 g/mol. The molecule has 2 aromatic rings. The second-order valence-electron chi connectivity index (χ2n) is 6.26. The van der Waals surface area contributed by atoms with Crippen molar-refractivity contribution in [1.82, 2.24) is 0 Å². The van der Waals surface area contributed by atoms with E-state index in [1.165, 1.54) is 25.3 Å².